The molecule has 94 valence electrons. The Morgan fingerprint density at radius 1 is 1.56 bits per heavy atom. The van der Waals surface area contributed by atoms with Crippen LogP contribution in [0.1, 0.15) is 25.3 Å². The first-order valence-corrected chi connectivity index (χ1v) is 6.12. The smallest absolute Gasteiger partial charge is 0.159 e. The highest BCUT2D eigenvalue weighted by Crippen LogP contribution is 2.31. The normalized spacial score (nSPS) is 15.6. The fourth-order valence-electron chi connectivity index (χ4n) is 2.03. The minimum atomic E-state index is 0.520. The Morgan fingerprint density at radius 3 is 3.06 bits per heavy atom. The number of rotatable bonds is 4. The zero-order valence-electron chi connectivity index (χ0n) is 10.2. The van der Waals surface area contributed by atoms with Crippen molar-refractivity contribution in [2.75, 3.05) is 5.32 Å². The molecule has 1 aliphatic rings. The molecule has 1 saturated carbocycles. The Morgan fingerprint density at radius 2 is 2.39 bits per heavy atom. The second-order valence-corrected chi connectivity index (χ2v) is 4.45. The summed E-state index contributed by atoms with van der Waals surface area (Å²) in [6.07, 6.45) is 7.29. The molecule has 2 aromatic rings. The van der Waals surface area contributed by atoms with Crippen LogP contribution in [0.15, 0.2) is 17.5 Å². The lowest BCUT2D eigenvalue weighted by Crippen LogP contribution is -2.06. The average Bonchev–Trinajstić information content (AvgIpc) is 3.09. The molecule has 0 radical (unpaired) electrons. The molecule has 0 spiro atoms. The number of fused-ring (bicyclic) bond motifs is 1. The Balaban J connectivity index is 2.16. The predicted octanol–water partition coefficient (Wildman–Crippen LogP) is 1.83. The number of hydrogen-bond donors (Lipinski definition) is 2. The highest BCUT2D eigenvalue weighted by molar-refractivity contribution is 6.00. The summed E-state index contributed by atoms with van der Waals surface area (Å²) in [7, 11) is 0. The van der Waals surface area contributed by atoms with E-state index in [1.165, 1.54) is 19.1 Å². The lowest BCUT2D eigenvalue weighted by molar-refractivity contribution is 0.322. The molecule has 18 heavy (non-hydrogen) atoms. The number of pyridine rings is 1. The van der Waals surface area contributed by atoms with Gasteiger partial charge in [0.25, 0.3) is 0 Å². The summed E-state index contributed by atoms with van der Waals surface area (Å²) in [5, 5.41) is 20.5. The summed E-state index contributed by atoms with van der Waals surface area (Å²) >= 11 is 0. The maximum Gasteiger partial charge on any atom is 0.159 e. The van der Waals surface area contributed by atoms with Crippen molar-refractivity contribution < 1.29 is 5.21 Å². The van der Waals surface area contributed by atoms with Gasteiger partial charge in [-0.3, -0.25) is 0 Å². The van der Waals surface area contributed by atoms with E-state index in [0.717, 1.165) is 28.8 Å². The number of nitrogens with one attached hydrogen (secondary N) is 1. The fraction of sp³-hybridized carbons (Fsp3) is 0.417. The number of anilines is 1. The third-order valence-corrected chi connectivity index (χ3v) is 3.12. The van der Waals surface area contributed by atoms with Crippen LogP contribution in [0, 0.1) is 0 Å². The van der Waals surface area contributed by atoms with Crippen LogP contribution in [-0.4, -0.2) is 32.2 Å². The molecular formula is C12H15N5O. The van der Waals surface area contributed by atoms with E-state index in [4.69, 9.17) is 5.21 Å². The molecule has 1 aliphatic carbocycles. The van der Waals surface area contributed by atoms with E-state index in [1.54, 1.807) is 6.20 Å². The van der Waals surface area contributed by atoms with E-state index in [2.05, 4.69) is 20.6 Å². The average molecular weight is 245 g/mol. The zero-order chi connectivity index (χ0) is 12.5. The molecule has 2 heterocycles. The van der Waals surface area contributed by atoms with E-state index < -0.39 is 0 Å². The van der Waals surface area contributed by atoms with Gasteiger partial charge in [0.2, 0.25) is 0 Å². The van der Waals surface area contributed by atoms with E-state index in [9.17, 15) is 0 Å². The van der Waals surface area contributed by atoms with Gasteiger partial charge in [-0.2, -0.15) is 5.10 Å². The molecule has 6 nitrogen and oxygen atoms in total. The van der Waals surface area contributed by atoms with Crippen LogP contribution in [0.3, 0.4) is 0 Å². The number of oxime groups is 1. The lowest BCUT2D eigenvalue weighted by atomic mass is 10.2. The lowest BCUT2D eigenvalue weighted by Gasteiger charge is -2.09. The highest BCUT2D eigenvalue weighted by Gasteiger charge is 2.23. The quantitative estimate of drug-likeness (QED) is 0.489. The molecule has 2 aromatic heterocycles. The van der Waals surface area contributed by atoms with Crippen LogP contribution in [0.4, 0.5) is 5.69 Å². The van der Waals surface area contributed by atoms with Crippen molar-refractivity contribution in [2.24, 2.45) is 5.16 Å². The summed E-state index contributed by atoms with van der Waals surface area (Å²) < 4.78 is 1.85. The Hall–Kier alpha value is -2.11. The molecule has 6 heteroatoms. The largest absolute Gasteiger partial charge is 0.411 e. The van der Waals surface area contributed by atoms with Crippen LogP contribution < -0.4 is 5.32 Å². The standard InChI is InChI=1S/C12H15N5O/c1-2-17-12-10(7-14-17)11(16-9-3-4-9)8(5-13-12)6-15-18/h5-7,9,18H,2-4H2,1H3,(H,13,16)/b15-6+. The van der Waals surface area contributed by atoms with Gasteiger partial charge < -0.3 is 10.5 Å². The first-order chi connectivity index (χ1) is 8.83. The van der Waals surface area contributed by atoms with Gasteiger partial charge in [0, 0.05) is 24.3 Å². The van der Waals surface area contributed by atoms with Crippen LogP contribution in [0.25, 0.3) is 11.0 Å². The van der Waals surface area contributed by atoms with Crippen LogP contribution in [0.5, 0.6) is 0 Å². The summed E-state index contributed by atoms with van der Waals surface area (Å²) in [5.41, 5.74) is 2.60. The molecule has 0 aromatic carbocycles. The van der Waals surface area contributed by atoms with Crippen molar-refractivity contribution in [3.8, 4) is 0 Å². The van der Waals surface area contributed by atoms with E-state index in [0.29, 0.717) is 6.04 Å². The number of nitrogens with zero attached hydrogens (tertiary/aromatic N) is 4. The van der Waals surface area contributed by atoms with Gasteiger partial charge >= 0.3 is 0 Å². The zero-order valence-corrected chi connectivity index (χ0v) is 10.2. The van der Waals surface area contributed by atoms with E-state index in [1.807, 2.05) is 17.8 Å². The summed E-state index contributed by atoms with van der Waals surface area (Å²) in [4.78, 5) is 4.38. The second kappa shape index (κ2) is 4.29. The van der Waals surface area contributed by atoms with Gasteiger partial charge in [-0.25, -0.2) is 9.67 Å². The SMILES string of the molecule is CCn1ncc2c(NC3CC3)c(/C=N/O)cnc21. The maximum absolute atomic E-state index is 8.71. The van der Waals surface area contributed by atoms with Crippen molar-refractivity contribution >= 4 is 22.9 Å². The minimum Gasteiger partial charge on any atom is -0.411 e. The Bertz CT molecular complexity index is 600. The highest BCUT2D eigenvalue weighted by atomic mass is 16.4. The van der Waals surface area contributed by atoms with Gasteiger partial charge in [0.15, 0.2) is 5.65 Å². The van der Waals surface area contributed by atoms with Gasteiger partial charge in [-0.05, 0) is 19.8 Å². The third kappa shape index (κ3) is 1.79. The number of hydrogen-bond acceptors (Lipinski definition) is 5. The molecule has 1 fully saturated rings. The van der Waals surface area contributed by atoms with Crippen molar-refractivity contribution in [1.82, 2.24) is 14.8 Å². The number of aryl methyl sites for hydroxylation is 1. The monoisotopic (exact) mass is 245 g/mol. The number of aromatic nitrogens is 3. The topological polar surface area (TPSA) is 75.3 Å². The van der Waals surface area contributed by atoms with Crippen molar-refractivity contribution in [3.05, 3.63) is 18.0 Å². The maximum atomic E-state index is 8.71. The first-order valence-electron chi connectivity index (χ1n) is 6.12. The minimum absolute atomic E-state index is 0.520. The van der Waals surface area contributed by atoms with Crippen molar-refractivity contribution in [1.29, 1.82) is 0 Å². The molecule has 0 saturated heterocycles. The Labute approximate surface area is 104 Å². The molecule has 3 rings (SSSR count). The summed E-state index contributed by atoms with van der Waals surface area (Å²) in [6.45, 7) is 2.82. The first kappa shape index (κ1) is 11.0. The molecule has 0 atom stereocenters. The van der Waals surface area contributed by atoms with E-state index in [-0.39, 0.29) is 0 Å². The molecule has 0 bridgehead atoms. The molecule has 0 amide bonds. The van der Waals surface area contributed by atoms with Crippen molar-refractivity contribution in [2.45, 2.75) is 32.4 Å². The van der Waals surface area contributed by atoms with Crippen LogP contribution >= 0.6 is 0 Å². The predicted molar refractivity (Wildman–Crippen MR) is 69.2 cm³/mol. The van der Waals surface area contributed by atoms with Crippen LogP contribution in [-0.2, 0) is 6.54 Å². The molecule has 0 aliphatic heterocycles. The second-order valence-electron chi connectivity index (χ2n) is 4.45. The molecule has 2 N–H and O–H groups in total. The summed E-state index contributed by atoms with van der Waals surface area (Å²) in [6, 6.07) is 0.520. The van der Waals surface area contributed by atoms with Crippen molar-refractivity contribution in [3.63, 3.8) is 0 Å². The van der Waals surface area contributed by atoms with Gasteiger partial charge in [-0.1, -0.05) is 5.16 Å². The molecular weight excluding hydrogens is 230 g/mol. The fourth-order valence-corrected chi connectivity index (χ4v) is 2.03. The molecule has 0 unspecified atom stereocenters. The van der Waals surface area contributed by atoms with Gasteiger partial charge in [-0.15, -0.1) is 0 Å². The Kier molecular flexibility index (Phi) is 2.62. The van der Waals surface area contributed by atoms with Gasteiger partial charge in [0.05, 0.1) is 23.5 Å². The van der Waals surface area contributed by atoms with Crippen LogP contribution in [0.2, 0.25) is 0 Å². The van der Waals surface area contributed by atoms with Gasteiger partial charge in [0.1, 0.15) is 0 Å². The third-order valence-electron chi connectivity index (χ3n) is 3.12. The summed E-state index contributed by atoms with van der Waals surface area (Å²) in [5.74, 6) is 0. The van der Waals surface area contributed by atoms with E-state index >= 15 is 0 Å².